The predicted octanol–water partition coefficient (Wildman–Crippen LogP) is 8.90. The maximum absolute atomic E-state index is 14.1. The molecule has 1 atom stereocenters. The van der Waals surface area contributed by atoms with Crippen LogP contribution in [-0.4, -0.2) is 105 Å². The van der Waals surface area contributed by atoms with Crippen molar-refractivity contribution in [3.05, 3.63) is 130 Å². The molecule has 4 fully saturated rings. The van der Waals surface area contributed by atoms with Crippen LogP contribution in [0, 0.1) is 21.4 Å². The van der Waals surface area contributed by atoms with E-state index in [1.807, 2.05) is 37.0 Å². The molecule has 380 valence electrons. The van der Waals surface area contributed by atoms with Crippen molar-refractivity contribution >= 4 is 44.0 Å². The number of aryl methyl sites for hydroxylation is 1. The Kier molecular flexibility index (Phi) is 13.6. The average molecular weight is 999 g/mol. The lowest BCUT2D eigenvalue weighted by atomic mass is 9.59. The number of hydrogen-bond acceptors (Lipinski definition) is 13. The molecule has 4 aliphatic rings. The number of aromatic amines is 1. The van der Waals surface area contributed by atoms with Gasteiger partial charge >= 0.3 is 0 Å². The first-order valence-electron chi connectivity index (χ1n) is 25.4. The molecule has 2 saturated carbocycles. The number of H-pyrrole nitrogens is 1. The molecule has 1 spiro atoms. The third-order valence-corrected chi connectivity index (χ3v) is 17.3. The molecule has 2 aliphatic heterocycles. The number of nitro benzene ring substituents is 1. The number of fused-ring (bicyclic) bond motifs is 1. The van der Waals surface area contributed by atoms with Gasteiger partial charge in [0.05, 0.1) is 33.4 Å². The van der Waals surface area contributed by atoms with Gasteiger partial charge in [-0.05, 0) is 123 Å². The first-order chi connectivity index (χ1) is 34.5. The Morgan fingerprint density at radius 2 is 1.76 bits per heavy atom. The zero-order chi connectivity index (χ0) is 50.4. The summed E-state index contributed by atoms with van der Waals surface area (Å²) >= 11 is 0. The first kappa shape index (κ1) is 49.2. The summed E-state index contributed by atoms with van der Waals surface area (Å²) in [4.78, 5) is 40.5. The van der Waals surface area contributed by atoms with E-state index in [4.69, 9.17) is 4.74 Å². The molecule has 0 radical (unpaired) electrons. The summed E-state index contributed by atoms with van der Waals surface area (Å²) in [5.41, 5.74) is 4.84. The van der Waals surface area contributed by atoms with Gasteiger partial charge in [0.25, 0.3) is 21.6 Å². The smallest absolute Gasteiger partial charge is 0.293 e. The number of carbonyl (C=O) groups is 1. The van der Waals surface area contributed by atoms with Crippen molar-refractivity contribution in [3.8, 4) is 11.5 Å². The van der Waals surface area contributed by atoms with Crippen LogP contribution in [-0.2, 0) is 23.6 Å². The SMILES string of the molecule is CC(C)c1ccccc1C1CN(Cc2cnn(C)c2)CCN1C1CC2(CCN(c3ccc(C(=O)NS(=O)(=O)c4ccc(NC[C@H]5CC[C@](C)(O)CC5)c([N+](=O)[O-])c4)c(Oc4cnc5[nH]ccc5c4)c3)CC2)C1. The molecule has 18 heteroatoms. The number of piperidine rings is 1. The molecule has 0 bridgehead atoms. The maximum atomic E-state index is 14.1. The third kappa shape index (κ3) is 10.6. The van der Waals surface area contributed by atoms with Crippen LogP contribution < -0.4 is 19.7 Å². The molecule has 10 rings (SSSR count). The number of rotatable bonds is 15. The van der Waals surface area contributed by atoms with E-state index in [-0.39, 0.29) is 28.3 Å². The molecule has 2 aliphatic carbocycles. The molecular formula is C54H66N10O7S. The molecule has 1 unspecified atom stereocenters. The number of aromatic nitrogens is 4. The van der Waals surface area contributed by atoms with E-state index < -0.39 is 37.0 Å². The highest BCUT2D eigenvalue weighted by molar-refractivity contribution is 7.90. The number of nitrogens with zero attached hydrogens (tertiary/aromatic N) is 7. The first-order valence-corrected chi connectivity index (χ1v) is 26.8. The molecule has 5 heterocycles. The van der Waals surface area contributed by atoms with Crippen molar-refractivity contribution in [1.29, 1.82) is 0 Å². The lowest BCUT2D eigenvalue weighted by Crippen LogP contribution is -2.60. The second-order valence-corrected chi connectivity index (χ2v) is 23.1. The molecule has 72 heavy (non-hydrogen) atoms. The van der Waals surface area contributed by atoms with Crippen molar-refractivity contribution in [2.24, 2.45) is 18.4 Å². The summed E-state index contributed by atoms with van der Waals surface area (Å²) in [7, 11) is -2.61. The van der Waals surface area contributed by atoms with E-state index in [0.29, 0.717) is 48.8 Å². The number of hydrogen-bond donors (Lipinski definition) is 4. The monoisotopic (exact) mass is 998 g/mol. The summed E-state index contributed by atoms with van der Waals surface area (Å²) in [5.74, 6) is 0.180. The van der Waals surface area contributed by atoms with Gasteiger partial charge in [-0.1, -0.05) is 38.1 Å². The van der Waals surface area contributed by atoms with Gasteiger partial charge in [-0.25, -0.2) is 18.1 Å². The zero-order valence-electron chi connectivity index (χ0n) is 41.6. The normalized spacial score (nSPS) is 22.0. The number of anilines is 2. The highest BCUT2D eigenvalue weighted by atomic mass is 32.2. The Hall–Kier alpha value is -6.34. The Morgan fingerprint density at radius 3 is 2.50 bits per heavy atom. The average Bonchev–Trinajstić information content (AvgIpc) is 4.00. The number of nitro groups is 1. The van der Waals surface area contributed by atoms with Crippen LogP contribution in [0.3, 0.4) is 0 Å². The van der Waals surface area contributed by atoms with Crippen molar-refractivity contribution in [1.82, 2.24) is 34.3 Å². The van der Waals surface area contributed by atoms with Crippen LogP contribution in [0.1, 0.15) is 111 Å². The number of piperazine rings is 1. The predicted molar refractivity (Wildman–Crippen MR) is 277 cm³/mol. The fraction of sp³-hybridized carbons (Fsp3) is 0.463. The number of amides is 1. The van der Waals surface area contributed by atoms with Crippen LogP contribution in [0.5, 0.6) is 11.5 Å². The van der Waals surface area contributed by atoms with E-state index in [0.717, 1.165) is 94.9 Å². The van der Waals surface area contributed by atoms with E-state index in [2.05, 4.69) is 84.1 Å². The molecule has 3 aromatic heterocycles. The minimum absolute atomic E-state index is 0.0276. The number of carbonyl (C=O) groups excluding carboxylic acids is 1. The number of sulfonamides is 1. The van der Waals surface area contributed by atoms with Gasteiger partial charge in [-0.2, -0.15) is 5.10 Å². The fourth-order valence-corrected chi connectivity index (χ4v) is 12.7. The van der Waals surface area contributed by atoms with Gasteiger partial charge in [-0.3, -0.25) is 29.4 Å². The summed E-state index contributed by atoms with van der Waals surface area (Å²) in [6.45, 7) is 12.3. The van der Waals surface area contributed by atoms with Gasteiger partial charge in [-0.15, -0.1) is 0 Å². The Bertz CT molecular complexity index is 3050. The lowest BCUT2D eigenvalue weighted by Gasteiger charge is -2.58. The number of benzene rings is 3. The molecule has 4 N–H and O–H groups in total. The fourth-order valence-electron chi connectivity index (χ4n) is 11.7. The molecule has 3 aromatic carbocycles. The minimum Gasteiger partial charge on any atom is -0.455 e. The Morgan fingerprint density at radius 1 is 0.986 bits per heavy atom. The number of ether oxygens (including phenoxy) is 1. The molecular weight excluding hydrogens is 933 g/mol. The summed E-state index contributed by atoms with van der Waals surface area (Å²) in [6.07, 6.45) is 14.5. The lowest BCUT2D eigenvalue weighted by molar-refractivity contribution is -0.384. The van der Waals surface area contributed by atoms with Crippen LogP contribution >= 0.6 is 0 Å². The Labute approximate surface area is 421 Å². The van der Waals surface area contributed by atoms with E-state index in [1.54, 1.807) is 30.6 Å². The van der Waals surface area contributed by atoms with Gasteiger partial charge in [0.1, 0.15) is 22.8 Å². The molecule has 1 amide bonds. The van der Waals surface area contributed by atoms with Gasteiger partial charge < -0.3 is 25.0 Å². The molecule has 6 aromatic rings. The van der Waals surface area contributed by atoms with Crippen LogP contribution in [0.15, 0.2) is 102 Å². The standard InChI is InChI=1S/C54H66N10O7S/c1-36(2)44-7-5-6-8-45(44)49-35-61(34-38-31-58-60(4)33-38)23-24-63(49)41-28-54(29-41)18-21-62(22-19-54)40-9-11-46(50(26-40)71-42-25-39-15-20-55-51(39)57-32-42)52(65)59-72(69,70)43-10-12-47(48(27-43)64(67)68)56-30-37-13-16-53(3,66)17-14-37/h5-12,15,20,25-27,31-33,36-37,41,49,56,66H,13-14,16-19,21-24,28-30,34-35H2,1-4H3,(H,55,57)(H,59,65)/t37-,49?,53-. The Balaban J connectivity index is 0.833. The van der Waals surface area contributed by atoms with E-state index in [1.165, 1.54) is 28.8 Å². The summed E-state index contributed by atoms with van der Waals surface area (Å²) < 4.78 is 38.1. The number of aliphatic hydroxyl groups is 1. The highest BCUT2D eigenvalue weighted by Crippen LogP contribution is 2.53. The van der Waals surface area contributed by atoms with Gasteiger partial charge in [0, 0.05) is 106 Å². The van der Waals surface area contributed by atoms with Crippen molar-refractivity contribution in [2.75, 3.05) is 49.5 Å². The number of pyridine rings is 1. The zero-order valence-corrected chi connectivity index (χ0v) is 42.4. The van der Waals surface area contributed by atoms with Crippen molar-refractivity contribution < 1.29 is 28.0 Å². The van der Waals surface area contributed by atoms with Crippen molar-refractivity contribution in [2.45, 2.75) is 107 Å². The third-order valence-electron chi connectivity index (χ3n) is 15.9. The topological polar surface area (TPSA) is 204 Å². The minimum atomic E-state index is -4.58. The summed E-state index contributed by atoms with van der Waals surface area (Å²) in [6, 6.07) is 22.2. The maximum Gasteiger partial charge on any atom is 0.293 e. The van der Waals surface area contributed by atoms with Crippen LogP contribution in [0.4, 0.5) is 17.1 Å². The second kappa shape index (κ2) is 19.9. The van der Waals surface area contributed by atoms with Gasteiger partial charge in [0.2, 0.25) is 0 Å². The summed E-state index contributed by atoms with van der Waals surface area (Å²) in [5, 5.41) is 30.9. The van der Waals surface area contributed by atoms with E-state index in [9.17, 15) is 28.4 Å². The quantitative estimate of drug-likeness (QED) is 0.0561. The highest BCUT2D eigenvalue weighted by Gasteiger charge is 2.50. The molecule has 2 saturated heterocycles. The van der Waals surface area contributed by atoms with Crippen LogP contribution in [0.2, 0.25) is 0 Å². The second-order valence-electron chi connectivity index (χ2n) is 21.4. The van der Waals surface area contributed by atoms with Gasteiger partial charge in [0.15, 0.2) is 0 Å². The molecule has 17 nitrogen and oxygen atoms in total. The van der Waals surface area contributed by atoms with E-state index >= 15 is 0 Å². The number of nitrogens with one attached hydrogen (secondary N) is 3. The largest absolute Gasteiger partial charge is 0.455 e. The van der Waals surface area contributed by atoms with Crippen molar-refractivity contribution in [3.63, 3.8) is 0 Å². The van der Waals surface area contributed by atoms with Crippen LogP contribution in [0.25, 0.3) is 11.0 Å².